The number of ketones is 1. The first kappa shape index (κ1) is 14.7. The molecule has 4 atom stereocenters. The van der Waals surface area contributed by atoms with Crippen LogP contribution >= 0.6 is 0 Å². The largest absolute Gasteiger partial charge is 0.497 e. The van der Waals surface area contributed by atoms with Crippen LogP contribution in [0.5, 0.6) is 5.75 Å². The molecular formula is C19H23NO3. The Balaban J connectivity index is 1.71. The van der Waals surface area contributed by atoms with Crippen molar-refractivity contribution in [2.24, 2.45) is 22.4 Å². The predicted molar refractivity (Wildman–Crippen MR) is 87.2 cm³/mol. The van der Waals surface area contributed by atoms with E-state index >= 15 is 0 Å². The minimum Gasteiger partial charge on any atom is -0.497 e. The molecule has 0 heterocycles. The minimum absolute atomic E-state index is 0.0731. The highest BCUT2D eigenvalue weighted by Gasteiger charge is 2.57. The Bertz CT molecular complexity index is 696. The number of nitrogens with zero attached hydrogens (tertiary/aromatic N) is 1. The van der Waals surface area contributed by atoms with Crippen LogP contribution in [0.4, 0.5) is 0 Å². The number of fused-ring (bicyclic) bond motifs is 5. The number of Topliss-reactive ketones (excluding diaryl/α,β-unsaturated/α-hetero) is 1. The van der Waals surface area contributed by atoms with Gasteiger partial charge in [0.1, 0.15) is 11.5 Å². The summed E-state index contributed by atoms with van der Waals surface area (Å²) in [7, 11) is 1.71. The molecule has 4 nitrogen and oxygen atoms in total. The predicted octanol–water partition coefficient (Wildman–Crippen LogP) is 3.56. The van der Waals surface area contributed by atoms with Crippen molar-refractivity contribution >= 4 is 11.5 Å². The van der Waals surface area contributed by atoms with Gasteiger partial charge in [-0.2, -0.15) is 0 Å². The molecule has 0 bridgehead atoms. The zero-order chi connectivity index (χ0) is 16.2. The lowest BCUT2D eigenvalue weighted by molar-refractivity contribution is -0.125. The maximum atomic E-state index is 12.6. The summed E-state index contributed by atoms with van der Waals surface area (Å²) in [6.07, 6.45) is 4.72. The van der Waals surface area contributed by atoms with Crippen LogP contribution in [0.15, 0.2) is 23.4 Å². The molecule has 122 valence electrons. The molecule has 3 aliphatic carbocycles. The molecule has 0 aliphatic heterocycles. The van der Waals surface area contributed by atoms with Crippen molar-refractivity contribution in [2.75, 3.05) is 7.11 Å². The van der Waals surface area contributed by atoms with Gasteiger partial charge in [-0.3, -0.25) is 4.79 Å². The summed E-state index contributed by atoms with van der Waals surface area (Å²) in [5.41, 5.74) is 2.89. The van der Waals surface area contributed by atoms with Gasteiger partial charge in [0.25, 0.3) is 0 Å². The van der Waals surface area contributed by atoms with Gasteiger partial charge in [-0.1, -0.05) is 18.1 Å². The first-order chi connectivity index (χ1) is 11.1. The van der Waals surface area contributed by atoms with Gasteiger partial charge in [-0.25, -0.2) is 0 Å². The summed E-state index contributed by atoms with van der Waals surface area (Å²) >= 11 is 0. The molecule has 4 heteroatoms. The highest BCUT2D eigenvalue weighted by molar-refractivity contribution is 6.43. The van der Waals surface area contributed by atoms with E-state index in [1.807, 2.05) is 0 Å². The Morgan fingerprint density at radius 3 is 2.91 bits per heavy atom. The van der Waals surface area contributed by atoms with Gasteiger partial charge in [0.15, 0.2) is 5.78 Å². The van der Waals surface area contributed by atoms with E-state index in [4.69, 9.17) is 9.94 Å². The fourth-order valence-corrected chi connectivity index (χ4v) is 5.38. The number of methoxy groups -OCH3 is 1. The van der Waals surface area contributed by atoms with Crippen molar-refractivity contribution in [1.29, 1.82) is 0 Å². The molecule has 2 fully saturated rings. The molecule has 4 rings (SSSR count). The normalized spacial score (nSPS) is 37.2. The average molecular weight is 313 g/mol. The molecule has 1 N–H and O–H groups in total. The molecule has 23 heavy (non-hydrogen) atoms. The summed E-state index contributed by atoms with van der Waals surface area (Å²) in [6, 6.07) is 6.43. The van der Waals surface area contributed by atoms with Gasteiger partial charge in [0.2, 0.25) is 0 Å². The Hall–Kier alpha value is -1.84. The summed E-state index contributed by atoms with van der Waals surface area (Å²) in [5, 5.41) is 12.5. The molecule has 0 aromatic heterocycles. The van der Waals surface area contributed by atoms with E-state index in [1.54, 1.807) is 7.11 Å². The Kier molecular flexibility index (Phi) is 3.26. The lowest BCUT2D eigenvalue weighted by Gasteiger charge is -2.47. The molecule has 0 amide bonds. The van der Waals surface area contributed by atoms with Crippen LogP contribution in [-0.2, 0) is 11.2 Å². The summed E-state index contributed by atoms with van der Waals surface area (Å²) in [4.78, 5) is 12.6. The van der Waals surface area contributed by atoms with Crippen molar-refractivity contribution in [2.45, 2.75) is 44.9 Å². The molecule has 0 saturated heterocycles. The molecule has 1 aromatic carbocycles. The zero-order valence-electron chi connectivity index (χ0n) is 13.7. The minimum atomic E-state index is -0.327. The average Bonchev–Trinajstić information content (AvgIpc) is 2.85. The number of hydrogen-bond acceptors (Lipinski definition) is 4. The van der Waals surface area contributed by atoms with Crippen LogP contribution in [0.2, 0.25) is 0 Å². The van der Waals surface area contributed by atoms with Crippen LogP contribution in [0.1, 0.15) is 49.7 Å². The van der Waals surface area contributed by atoms with Gasteiger partial charge in [0, 0.05) is 11.8 Å². The Labute approximate surface area is 136 Å². The van der Waals surface area contributed by atoms with Gasteiger partial charge in [-0.05, 0) is 66.7 Å². The molecule has 3 aliphatic rings. The SMILES string of the molecule is COc1ccc2c(c1)CC[C@@H]1[C@@H]2CC[C@]2(C)C(=O)C(=NO)C[C@@H]12. The number of carbonyl (C=O) groups excluding carboxylic acids is 1. The highest BCUT2D eigenvalue weighted by atomic mass is 16.5. The van der Waals surface area contributed by atoms with Crippen LogP contribution in [0, 0.1) is 17.3 Å². The van der Waals surface area contributed by atoms with Crippen molar-refractivity contribution in [3.8, 4) is 5.75 Å². The quantitative estimate of drug-likeness (QED) is 0.637. The van der Waals surface area contributed by atoms with Gasteiger partial charge in [0.05, 0.1) is 7.11 Å². The third kappa shape index (κ3) is 1.97. The summed E-state index contributed by atoms with van der Waals surface area (Å²) in [6.45, 7) is 2.08. The first-order valence-electron chi connectivity index (χ1n) is 8.51. The number of rotatable bonds is 1. The monoisotopic (exact) mass is 313 g/mol. The number of hydrogen-bond donors (Lipinski definition) is 1. The molecule has 0 unspecified atom stereocenters. The molecule has 0 radical (unpaired) electrons. The third-order valence-electron chi connectivity index (χ3n) is 6.64. The maximum Gasteiger partial charge on any atom is 0.186 e. The van der Waals surface area contributed by atoms with E-state index in [2.05, 4.69) is 30.3 Å². The summed E-state index contributed by atoms with van der Waals surface area (Å²) < 4.78 is 5.36. The Morgan fingerprint density at radius 1 is 1.35 bits per heavy atom. The number of carbonyl (C=O) groups is 1. The number of oxime groups is 1. The van der Waals surface area contributed by atoms with E-state index in [-0.39, 0.29) is 11.2 Å². The second-order valence-electron chi connectivity index (χ2n) is 7.52. The van der Waals surface area contributed by atoms with Crippen molar-refractivity contribution < 1.29 is 14.7 Å². The van der Waals surface area contributed by atoms with Crippen LogP contribution < -0.4 is 4.74 Å². The highest BCUT2D eigenvalue weighted by Crippen LogP contribution is 2.59. The van der Waals surface area contributed by atoms with E-state index in [1.165, 1.54) is 11.1 Å². The zero-order valence-corrected chi connectivity index (χ0v) is 13.7. The lowest BCUT2D eigenvalue weighted by Crippen LogP contribution is -2.42. The maximum absolute atomic E-state index is 12.6. The molecule has 1 aromatic rings. The fourth-order valence-electron chi connectivity index (χ4n) is 5.38. The number of benzene rings is 1. The van der Waals surface area contributed by atoms with E-state index in [9.17, 15) is 4.79 Å². The molecule has 0 spiro atoms. The topological polar surface area (TPSA) is 58.9 Å². The van der Waals surface area contributed by atoms with E-state index in [0.717, 1.165) is 31.4 Å². The molecule has 2 saturated carbocycles. The summed E-state index contributed by atoms with van der Waals surface area (Å²) in [5.74, 6) is 2.35. The number of aryl methyl sites for hydroxylation is 1. The van der Waals surface area contributed by atoms with Crippen LogP contribution in [-0.4, -0.2) is 23.8 Å². The van der Waals surface area contributed by atoms with Crippen molar-refractivity contribution in [3.05, 3.63) is 29.3 Å². The third-order valence-corrected chi connectivity index (χ3v) is 6.64. The van der Waals surface area contributed by atoms with Gasteiger partial charge < -0.3 is 9.94 Å². The van der Waals surface area contributed by atoms with Crippen LogP contribution in [0.25, 0.3) is 0 Å². The fraction of sp³-hybridized carbons (Fsp3) is 0.579. The van der Waals surface area contributed by atoms with Crippen molar-refractivity contribution in [3.63, 3.8) is 0 Å². The smallest absolute Gasteiger partial charge is 0.186 e. The molecular weight excluding hydrogens is 290 g/mol. The standard InChI is InChI=1S/C19H23NO3/c1-19-8-7-14-13-6-4-12(23-2)9-11(13)3-5-15(14)16(19)10-17(20-22)18(19)21/h4,6,9,14-16,22H,3,5,7-8,10H2,1-2H3/t14-,15-,16+,19+/m1/s1. The lowest BCUT2D eigenvalue weighted by atomic mass is 9.55. The first-order valence-corrected chi connectivity index (χ1v) is 8.51. The van der Waals surface area contributed by atoms with Crippen molar-refractivity contribution in [1.82, 2.24) is 0 Å². The van der Waals surface area contributed by atoms with E-state index in [0.29, 0.717) is 29.9 Å². The Morgan fingerprint density at radius 2 is 2.17 bits per heavy atom. The second kappa shape index (κ2) is 5.08. The number of ether oxygens (including phenoxy) is 1. The van der Waals surface area contributed by atoms with Gasteiger partial charge >= 0.3 is 0 Å². The second-order valence-corrected chi connectivity index (χ2v) is 7.52. The van der Waals surface area contributed by atoms with Gasteiger partial charge in [-0.15, -0.1) is 0 Å². The van der Waals surface area contributed by atoms with E-state index < -0.39 is 0 Å². The van der Waals surface area contributed by atoms with Crippen LogP contribution in [0.3, 0.4) is 0 Å².